The van der Waals surface area contributed by atoms with Gasteiger partial charge in [-0.25, -0.2) is 8.78 Å². The predicted molar refractivity (Wildman–Crippen MR) is 102 cm³/mol. The minimum Gasteiger partial charge on any atom is -0.462 e. The third-order valence-corrected chi connectivity index (χ3v) is 6.19. The molecule has 0 spiro atoms. The van der Waals surface area contributed by atoms with E-state index >= 15 is 0 Å². The summed E-state index contributed by atoms with van der Waals surface area (Å²) < 4.78 is 38.6. The molecule has 1 saturated heterocycles. The predicted octanol–water partition coefficient (Wildman–Crippen LogP) is 2.13. The van der Waals surface area contributed by atoms with Crippen molar-refractivity contribution in [3.05, 3.63) is 65.7 Å². The quantitative estimate of drug-likeness (QED) is 0.505. The fourth-order valence-corrected chi connectivity index (χ4v) is 4.48. The van der Waals surface area contributed by atoms with Crippen molar-refractivity contribution in [2.24, 2.45) is 0 Å². The van der Waals surface area contributed by atoms with Crippen molar-refractivity contribution >= 4 is 8.15 Å². The van der Waals surface area contributed by atoms with E-state index in [2.05, 4.69) is 0 Å². The summed E-state index contributed by atoms with van der Waals surface area (Å²) in [6, 6.07) is 12.0. The summed E-state index contributed by atoms with van der Waals surface area (Å²) in [6.07, 6.45) is -6.45. The summed E-state index contributed by atoms with van der Waals surface area (Å²) in [4.78, 5) is 10.2. The molecule has 1 aliphatic rings. The second kappa shape index (κ2) is 9.89. The van der Waals surface area contributed by atoms with Gasteiger partial charge in [-0.05, 0) is 36.8 Å². The highest BCUT2D eigenvalue weighted by Crippen LogP contribution is 2.38. The molecule has 0 bridgehead atoms. The average Bonchev–Trinajstić information content (AvgIpc) is 2.71. The zero-order valence-electron chi connectivity index (χ0n) is 15.4. The Morgan fingerprint density at radius 3 is 2.21 bits per heavy atom. The van der Waals surface area contributed by atoms with Gasteiger partial charge in [0.1, 0.15) is 35.7 Å². The molecule has 0 aliphatic carbocycles. The summed E-state index contributed by atoms with van der Waals surface area (Å²) in [7, 11) is -1.78. The molecule has 29 heavy (non-hydrogen) atoms. The van der Waals surface area contributed by atoms with Gasteiger partial charge >= 0.3 is 0 Å². The molecule has 9 heteroatoms. The first-order valence-corrected chi connectivity index (χ1v) is 10.8. The van der Waals surface area contributed by atoms with Gasteiger partial charge < -0.3 is 29.7 Å². The van der Waals surface area contributed by atoms with Crippen LogP contribution in [0.3, 0.4) is 0 Å². The Morgan fingerprint density at radius 2 is 1.55 bits per heavy atom. The smallest absolute Gasteiger partial charge is 0.229 e. The molecule has 0 aromatic heterocycles. The van der Waals surface area contributed by atoms with Gasteiger partial charge in [0.25, 0.3) is 0 Å². The van der Waals surface area contributed by atoms with E-state index in [-0.39, 0.29) is 24.3 Å². The normalized spacial score (nSPS) is 28.1. The lowest BCUT2D eigenvalue weighted by atomic mass is 9.97. The molecule has 1 fully saturated rings. The van der Waals surface area contributed by atoms with Gasteiger partial charge in [0.2, 0.25) is 6.29 Å². The Balaban J connectivity index is 1.60. The molecule has 6 atom stereocenters. The molecule has 4 N–H and O–H groups in total. The van der Waals surface area contributed by atoms with Gasteiger partial charge in [-0.3, -0.25) is 0 Å². The first kappa shape index (κ1) is 22.0. The van der Waals surface area contributed by atoms with Gasteiger partial charge in [0, 0.05) is 19.9 Å². The lowest BCUT2D eigenvalue weighted by Gasteiger charge is -2.40. The molecule has 0 amide bonds. The largest absolute Gasteiger partial charge is 0.462 e. The van der Waals surface area contributed by atoms with Gasteiger partial charge in [0.05, 0.1) is 6.10 Å². The summed E-state index contributed by atoms with van der Waals surface area (Å²) in [5.74, 6) is -1.04. The Bertz CT molecular complexity index is 776. The maximum absolute atomic E-state index is 13.7. The number of ether oxygens (including phenoxy) is 2. The van der Waals surface area contributed by atoms with Crippen molar-refractivity contribution in [3.8, 4) is 5.75 Å². The lowest BCUT2D eigenvalue weighted by molar-refractivity contribution is -0.272. The summed E-state index contributed by atoms with van der Waals surface area (Å²) >= 11 is 0. The number of hydrogen-bond acceptors (Lipinski definition) is 6. The number of aliphatic hydroxyl groups excluding tert-OH is 3. The molecule has 6 nitrogen and oxygen atoms in total. The summed E-state index contributed by atoms with van der Waals surface area (Å²) in [5.41, 5.74) is -0.188. The van der Waals surface area contributed by atoms with Crippen LogP contribution >= 0.6 is 8.15 Å². The number of benzene rings is 2. The van der Waals surface area contributed by atoms with E-state index < -0.39 is 50.5 Å². The number of para-hydroxylation sites is 1. The van der Waals surface area contributed by atoms with Crippen molar-refractivity contribution in [2.75, 3.05) is 6.16 Å². The Kier molecular flexibility index (Phi) is 7.51. The van der Waals surface area contributed by atoms with Crippen LogP contribution in [0.5, 0.6) is 5.75 Å². The van der Waals surface area contributed by atoms with Crippen LogP contribution in [0.15, 0.2) is 48.5 Å². The molecule has 158 valence electrons. The fraction of sp³-hybridized carbons (Fsp3) is 0.400. The van der Waals surface area contributed by atoms with E-state index in [1.54, 1.807) is 30.3 Å². The Labute approximate surface area is 168 Å². The highest BCUT2D eigenvalue weighted by atomic mass is 31.1. The van der Waals surface area contributed by atoms with Crippen molar-refractivity contribution in [2.45, 2.75) is 43.3 Å². The minimum atomic E-state index is -1.78. The van der Waals surface area contributed by atoms with Crippen LogP contribution in [0.2, 0.25) is 0 Å². The molecule has 1 aliphatic heterocycles. The molecule has 3 rings (SSSR count). The first-order valence-electron chi connectivity index (χ1n) is 9.15. The summed E-state index contributed by atoms with van der Waals surface area (Å²) in [6.45, 7) is 0. The number of halogens is 2. The van der Waals surface area contributed by atoms with Crippen molar-refractivity contribution in [1.29, 1.82) is 0 Å². The van der Waals surface area contributed by atoms with Crippen LogP contribution in [0.1, 0.15) is 12.0 Å². The number of aliphatic hydroxyl groups is 3. The maximum Gasteiger partial charge on any atom is 0.229 e. The molecular weight excluding hydrogens is 405 g/mol. The van der Waals surface area contributed by atoms with E-state index in [1.165, 1.54) is 6.07 Å². The van der Waals surface area contributed by atoms with Crippen molar-refractivity contribution < 1.29 is 38.5 Å². The van der Waals surface area contributed by atoms with Crippen LogP contribution in [0.4, 0.5) is 8.78 Å². The zero-order chi connectivity index (χ0) is 21.0. The standard InChI is InChI=1S/C20H23F2O6P/c21-14-7-4-8-15(22)13(14)11-29(26)10-9-16-17(23)18(24)19(25)20(28-16)27-12-5-2-1-3-6-12/h1-8,16-20,23-26H,9-11H2/t16?,17-,18?,19?,20+,29?/m1/s1. The van der Waals surface area contributed by atoms with Crippen LogP contribution in [-0.2, 0) is 10.9 Å². The van der Waals surface area contributed by atoms with Gasteiger partial charge in [0.15, 0.2) is 0 Å². The number of rotatable bonds is 7. The SMILES string of the molecule is OC1C(O)[C@H](O)C(CCP(O)Cc2c(F)cccc2F)O[C@@H]1Oc1ccccc1. The van der Waals surface area contributed by atoms with Crippen molar-refractivity contribution in [3.63, 3.8) is 0 Å². The van der Waals surface area contributed by atoms with Gasteiger partial charge in [-0.2, -0.15) is 0 Å². The average molecular weight is 428 g/mol. The first-order chi connectivity index (χ1) is 13.9. The molecule has 0 saturated carbocycles. The van der Waals surface area contributed by atoms with E-state index in [0.717, 1.165) is 12.1 Å². The summed E-state index contributed by atoms with van der Waals surface area (Å²) in [5, 5.41) is 30.5. The Morgan fingerprint density at radius 1 is 0.897 bits per heavy atom. The third-order valence-electron chi connectivity index (χ3n) is 4.74. The van der Waals surface area contributed by atoms with E-state index in [9.17, 15) is 29.0 Å². The van der Waals surface area contributed by atoms with Crippen LogP contribution < -0.4 is 4.74 Å². The van der Waals surface area contributed by atoms with E-state index in [1.807, 2.05) is 0 Å². The lowest BCUT2D eigenvalue weighted by Crippen LogP contribution is -2.59. The molecule has 2 aromatic carbocycles. The number of hydrogen-bond donors (Lipinski definition) is 4. The van der Waals surface area contributed by atoms with Crippen molar-refractivity contribution in [1.82, 2.24) is 0 Å². The topological polar surface area (TPSA) is 99.4 Å². The third kappa shape index (κ3) is 5.48. The maximum atomic E-state index is 13.7. The van der Waals surface area contributed by atoms with Crippen LogP contribution in [0, 0.1) is 11.6 Å². The van der Waals surface area contributed by atoms with Gasteiger partial charge in [-0.15, -0.1) is 0 Å². The molecular formula is C20H23F2O6P. The molecule has 2 aromatic rings. The van der Waals surface area contributed by atoms with Crippen LogP contribution in [-0.4, -0.2) is 57.1 Å². The zero-order valence-corrected chi connectivity index (χ0v) is 16.3. The van der Waals surface area contributed by atoms with Gasteiger partial charge in [-0.1, -0.05) is 24.3 Å². The second-order valence-corrected chi connectivity index (χ2v) is 8.60. The highest BCUT2D eigenvalue weighted by Gasteiger charge is 2.44. The fourth-order valence-electron chi connectivity index (χ4n) is 3.11. The van der Waals surface area contributed by atoms with Crippen LogP contribution in [0.25, 0.3) is 0 Å². The van der Waals surface area contributed by atoms with E-state index in [0.29, 0.717) is 5.75 Å². The Hall–Kier alpha value is -1.67. The molecule has 0 radical (unpaired) electrons. The highest BCUT2D eigenvalue weighted by molar-refractivity contribution is 7.50. The monoisotopic (exact) mass is 428 g/mol. The molecule has 4 unspecified atom stereocenters. The molecule has 1 heterocycles. The van der Waals surface area contributed by atoms with E-state index in [4.69, 9.17) is 9.47 Å². The minimum absolute atomic E-state index is 0.109. The second-order valence-electron chi connectivity index (χ2n) is 6.82.